The van der Waals surface area contributed by atoms with E-state index < -0.39 is 0 Å². The number of aromatic nitrogens is 1. The van der Waals surface area contributed by atoms with Crippen LogP contribution in [0.25, 0.3) is 0 Å². The second-order valence-electron chi connectivity index (χ2n) is 5.96. The van der Waals surface area contributed by atoms with E-state index in [4.69, 9.17) is 17.3 Å². The molecule has 4 nitrogen and oxygen atoms in total. The SMILES string of the molecule is NC(Cc1ccccc1)c1nc(C(=O)NCCc2ccccc2Cl)cs1. The fourth-order valence-electron chi connectivity index (χ4n) is 2.62. The van der Waals surface area contributed by atoms with Crippen LogP contribution < -0.4 is 11.1 Å². The van der Waals surface area contributed by atoms with Gasteiger partial charge in [-0.1, -0.05) is 60.1 Å². The first-order chi connectivity index (χ1) is 12.6. The van der Waals surface area contributed by atoms with Crippen LogP contribution >= 0.6 is 22.9 Å². The number of halogens is 1. The minimum atomic E-state index is -0.216. The van der Waals surface area contributed by atoms with E-state index in [1.54, 1.807) is 5.38 Å². The molecule has 1 amide bonds. The number of nitrogens with zero attached hydrogens (tertiary/aromatic N) is 1. The summed E-state index contributed by atoms with van der Waals surface area (Å²) in [6.07, 6.45) is 1.37. The molecule has 1 unspecified atom stereocenters. The van der Waals surface area contributed by atoms with Gasteiger partial charge in [0.2, 0.25) is 0 Å². The van der Waals surface area contributed by atoms with Crippen molar-refractivity contribution in [3.05, 3.63) is 86.8 Å². The Balaban J connectivity index is 1.53. The van der Waals surface area contributed by atoms with Gasteiger partial charge in [0.15, 0.2) is 0 Å². The Hall–Kier alpha value is -2.21. The smallest absolute Gasteiger partial charge is 0.270 e. The zero-order valence-corrected chi connectivity index (χ0v) is 15.8. The molecule has 0 fully saturated rings. The molecule has 134 valence electrons. The monoisotopic (exact) mass is 385 g/mol. The van der Waals surface area contributed by atoms with Crippen molar-refractivity contribution in [3.63, 3.8) is 0 Å². The van der Waals surface area contributed by atoms with E-state index in [9.17, 15) is 4.79 Å². The highest BCUT2D eigenvalue weighted by atomic mass is 35.5. The average molecular weight is 386 g/mol. The van der Waals surface area contributed by atoms with Gasteiger partial charge in [0, 0.05) is 16.9 Å². The Morgan fingerprint density at radius 2 is 1.88 bits per heavy atom. The molecule has 2 aromatic carbocycles. The van der Waals surface area contributed by atoms with E-state index >= 15 is 0 Å². The van der Waals surface area contributed by atoms with Gasteiger partial charge in [0.1, 0.15) is 10.7 Å². The molecule has 3 aromatic rings. The lowest BCUT2D eigenvalue weighted by molar-refractivity contribution is 0.0949. The van der Waals surface area contributed by atoms with Gasteiger partial charge >= 0.3 is 0 Å². The van der Waals surface area contributed by atoms with Crippen LogP contribution in [0.4, 0.5) is 0 Å². The van der Waals surface area contributed by atoms with Crippen LogP contribution in [0, 0.1) is 0 Å². The third-order valence-electron chi connectivity index (χ3n) is 4.01. The summed E-state index contributed by atoms with van der Waals surface area (Å²) in [6.45, 7) is 0.505. The molecule has 1 heterocycles. The first-order valence-corrected chi connectivity index (χ1v) is 9.66. The van der Waals surface area contributed by atoms with Crippen molar-refractivity contribution in [2.75, 3.05) is 6.54 Å². The Morgan fingerprint density at radius 1 is 1.15 bits per heavy atom. The van der Waals surface area contributed by atoms with Crippen molar-refractivity contribution in [3.8, 4) is 0 Å². The van der Waals surface area contributed by atoms with E-state index in [0.29, 0.717) is 30.1 Å². The number of hydrogen-bond donors (Lipinski definition) is 2. The molecule has 3 rings (SSSR count). The fourth-order valence-corrected chi connectivity index (χ4v) is 3.65. The van der Waals surface area contributed by atoms with Crippen LogP contribution in [-0.4, -0.2) is 17.4 Å². The normalized spacial score (nSPS) is 11.9. The number of rotatable bonds is 7. The average Bonchev–Trinajstić information content (AvgIpc) is 3.14. The molecule has 6 heteroatoms. The number of hydrogen-bond acceptors (Lipinski definition) is 4. The maximum atomic E-state index is 12.3. The standard InChI is InChI=1S/C20H20ClN3OS/c21-16-9-5-4-8-15(16)10-11-23-19(25)18-13-26-20(24-18)17(22)12-14-6-2-1-3-7-14/h1-9,13,17H,10-12,22H2,(H,23,25). The summed E-state index contributed by atoms with van der Waals surface area (Å²) in [5.41, 5.74) is 8.81. The molecule has 0 aliphatic heterocycles. The molecule has 0 saturated carbocycles. The van der Waals surface area contributed by atoms with Gasteiger partial charge in [-0.2, -0.15) is 0 Å². The van der Waals surface area contributed by atoms with Crippen molar-refractivity contribution in [1.29, 1.82) is 0 Å². The summed E-state index contributed by atoms with van der Waals surface area (Å²) in [7, 11) is 0. The molecule has 0 spiro atoms. The van der Waals surface area contributed by atoms with Crippen LogP contribution in [0.15, 0.2) is 60.0 Å². The summed E-state index contributed by atoms with van der Waals surface area (Å²) >= 11 is 7.54. The molecule has 0 bridgehead atoms. The minimum absolute atomic E-state index is 0.188. The lowest BCUT2D eigenvalue weighted by atomic mass is 10.1. The largest absolute Gasteiger partial charge is 0.350 e. The van der Waals surface area contributed by atoms with E-state index in [0.717, 1.165) is 16.1 Å². The van der Waals surface area contributed by atoms with E-state index in [2.05, 4.69) is 10.3 Å². The number of nitrogens with one attached hydrogen (secondary N) is 1. The molecule has 0 aliphatic rings. The Morgan fingerprint density at radius 3 is 2.65 bits per heavy atom. The zero-order valence-electron chi connectivity index (χ0n) is 14.2. The maximum absolute atomic E-state index is 12.3. The van der Waals surface area contributed by atoms with Crippen molar-refractivity contribution in [2.45, 2.75) is 18.9 Å². The highest BCUT2D eigenvalue weighted by Crippen LogP contribution is 2.20. The van der Waals surface area contributed by atoms with Gasteiger partial charge < -0.3 is 11.1 Å². The van der Waals surface area contributed by atoms with Crippen molar-refractivity contribution in [1.82, 2.24) is 10.3 Å². The van der Waals surface area contributed by atoms with Gasteiger partial charge in [0.25, 0.3) is 5.91 Å². The second-order valence-corrected chi connectivity index (χ2v) is 7.26. The van der Waals surface area contributed by atoms with Gasteiger partial charge in [-0.05, 0) is 30.0 Å². The first kappa shape index (κ1) is 18.6. The van der Waals surface area contributed by atoms with E-state index in [1.807, 2.05) is 54.6 Å². The summed E-state index contributed by atoms with van der Waals surface area (Å²) in [4.78, 5) is 16.7. The Labute approximate surface area is 162 Å². The molecule has 1 aromatic heterocycles. The molecule has 0 saturated heterocycles. The first-order valence-electron chi connectivity index (χ1n) is 8.40. The summed E-state index contributed by atoms with van der Waals surface area (Å²) in [5, 5.41) is 6.12. The summed E-state index contributed by atoms with van der Waals surface area (Å²) < 4.78 is 0. The summed E-state index contributed by atoms with van der Waals surface area (Å²) in [5.74, 6) is -0.188. The molecule has 3 N–H and O–H groups in total. The van der Waals surface area contributed by atoms with Crippen LogP contribution in [0.3, 0.4) is 0 Å². The predicted octanol–water partition coefficient (Wildman–Crippen LogP) is 4.01. The Kier molecular flexibility index (Phi) is 6.39. The summed E-state index contributed by atoms with van der Waals surface area (Å²) in [6, 6.07) is 17.4. The number of amides is 1. The van der Waals surface area contributed by atoms with Gasteiger partial charge in [-0.15, -0.1) is 11.3 Å². The van der Waals surface area contributed by atoms with Gasteiger partial charge in [0.05, 0.1) is 6.04 Å². The molecule has 26 heavy (non-hydrogen) atoms. The minimum Gasteiger partial charge on any atom is -0.350 e. The van der Waals surface area contributed by atoms with Crippen molar-refractivity contribution in [2.24, 2.45) is 5.73 Å². The second kappa shape index (κ2) is 8.94. The molecular weight excluding hydrogens is 366 g/mol. The highest BCUT2D eigenvalue weighted by molar-refractivity contribution is 7.09. The van der Waals surface area contributed by atoms with Gasteiger partial charge in [-0.25, -0.2) is 4.98 Å². The number of nitrogens with two attached hydrogens (primary N) is 1. The molecule has 1 atom stereocenters. The predicted molar refractivity (Wildman–Crippen MR) is 107 cm³/mol. The molecular formula is C20H20ClN3OS. The zero-order chi connectivity index (χ0) is 18.4. The fraction of sp³-hybridized carbons (Fsp3) is 0.200. The van der Waals surface area contributed by atoms with E-state index in [1.165, 1.54) is 11.3 Å². The molecule has 0 aliphatic carbocycles. The topological polar surface area (TPSA) is 68.0 Å². The van der Waals surface area contributed by atoms with Crippen molar-refractivity contribution < 1.29 is 4.79 Å². The quantitative estimate of drug-likeness (QED) is 0.645. The van der Waals surface area contributed by atoms with Crippen LogP contribution in [-0.2, 0) is 12.8 Å². The van der Waals surface area contributed by atoms with Crippen molar-refractivity contribution >= 4 is 28.8 Å². The Bertz CT molecular complexity index is 866. The van der Waals surface area contributed by atoms with Crippen LogP contribution in [0.1, 0.15) is 32.7 Å². The molecule has 0 radical (unpaired) electrons. The third kappa shape index (κ3) is 4.91. The number of carbonyl (C=O) groups is 1. The lowest BCUT2D eigenvalue weighted by Crippen LogP contribution is -2.26. The number of carbonyl (C=O) groups excluding carboxylic acids is 1. The highest BCUT2D eigenvalue weighted by Gasteiger charge is 2.15. The number of benzene rings is 2. The lowest BCUT2D eigenvalue weighted by Gasteiger charge is -2.08. The van der Waals surface area contributed by atoms with Crippen LogP contribution in [0.2, 0.25) is 5.02 Å². The third-order valence-corrected chi connectivity index (χ3v) is 5.35. The van der Waals surface area contributed by atoms with Gasteiger partial charge in [-0.3, -0.25) is 4.79 Å². The number of thiazole rings is 1. The van der Waals surface area contributed by atoms with Crippen LogP contribution in [0.5, 0.6) is 0 Å². The maximum Gasteiger partial charge on any atom is 0.270 e. The van der Waals surface area contributed by atoms with E-state index in [-0.39, 0.29) is 11.9 Å².